The molecule has 0 bridgehead atoms. The Kier molecular flexibility index (Phi) is 4.05. The van der Waals surface area contributed by atoms with Crippen LogP contribution in [0.5, 0.6) is 0 Å². The number of fused-ring (bicyclic) bond motifs is 3. The normalized spacial score (nSPS) is 18.6. The molecule has 0 aromatic carbocycles. The van der Waals surface area contributed by atoms with E-state index in [1.807, 2.05) is 12.3 Å². The first-order valence-electron chi connectivity index (χ1n) is 8.65. The molecule has 3 aromatic rings. The number of hydrogen-bond acceptors (Lipinski definition) is 4. The average Bonchev–Trinajstić information content (AvgIpc) is 3.09. The molecule has 1 amide bonds. The van der Waals surface area contributed by atoms with Crippen LogP contribution in [0.25, 0.3) is 21.9 Å². The summed E-state index contributed by atoms with van der Waals surface area (Å²) >= 11 is 0. The van der Waals surface area contributed by atoms with Crippen LogP contribution in [0.15, 0.2) is 24.8 Å². The minimum Gasteiger partial charge on any atom is -0.346 e. The van der Waals surface area contributed by atoms with Gasteiger partial charge in [0.15, 0.2) is 0 Å². The van der Waals surface area contributed by atoms with Gasteiger partial charge < -0.3 is 9.88 Å². The lowest BCUT2D eigenvalue weighted by Gasteiger charge is -2.33. The number of aromatic nitrogens is 4. The van der Waals surface area contributed by atoms with Crippen LogP contribution in [0, 0.1) is 0 Å². The molecule has 0 saturated carbocycles. The second-order valence-electron chi connectivity index (χ2n) is 6.94. The number of piperidine rings is 1. The standard InChI is InChI=1S/C18H19F2N5O/c1-18(19,20)7-14(26)25-6-2-3-11(9-25)16-15-12-4-5-21-17(12)22-8-13(15)23-10-24-16/h4-5,8,10-11H,2-3,6-7,9H2,1H3,(H,21,22). The maximum Gasteiger partial charge on any atom is 0.254 e. The van der Waals surface area contributed by atoms with Gasteiger partial charge in [0.05, 0.1) is 23.8 Å². The molecular weight excluding hydrogens is 340 g/mol. The van der Waals surface area contributed by atoms with E-state index in [0.717, 1.165) is 47.4 Å². The van der Waals surface area contributed by atoms with Gasteiger partial charge >= 0.3 is 0 Å². The summed E-state index contributed by atoms with van der Waals surface area (Å²) in [7, 11) is 0. The number of alkyl halides is 2. The van der Waals surface area contributed by atoms with Crippen LogP contribution in [0.4, 0.5) is 8.78 Å². The summed E-state index contributed by atoms with van der Waals surface area (Å²) in [5, 5.41) is 1.85. The van der Waals surface area contributed by atoms with Gasteiger partial charge in [-0.1, -0.05) is 0 Å². The number of likely N-dealkylation sites (tertiary alicyclic amines) is 1. The third-order valence-corrected chi connectivity index (χ3v) is 4.84. The zero-order chi connectivity index (χ0) is 18.3. The number of hydrogen-bond donors (Lipinski definition) is 1. The van der Waals surface area contributed by atoms with Crippen molar-refractivity contribution in [2.45, 2.75) is 38.0 Å². The van der Waals surface area contributed by atoms with Crippen LogP contribution in [0.2, 0.25) is 0 Å². The van der Waals surface area contributed by atoms with E-state index in [-0.39, 0.29) is 5.92 Å². The Morgan fingerprint density at radius 1 is 1.38 bits per heavy atom. The molecule has 0 radical (unpaired) electrons. The van der Waals surface area contributed by atoms with Crippen molar-refractivity contribution in [1.82, 2.24) is 24.8 Å². The van der Waals surface area contributed by atoms with Gasteiger partial charge in [0.1, 0.15) is 12.0 Å². The van der Waals surface area contributed by atoms with Crippen LogP contribution < -0.4 is 0 Å². The van der Waals surface area contributed by atoms with Crippen molar-refractivity contribution in [3.63, 3.8) is 0 Å². The summed E-state index contributed by atoms with van der Waals surface area (Å²) in [5.74, 6) is -3.51. The molecule has 8 heteroatoms. The molecule has 1 aliphatic rings. The van der Waals surface area contributed by atoms with Crippen molar-refractivity contribution < 1.29 is 13.6 Å². The largest absolute Gasteiger partial charge is 0.346 e. The highest BCUT2D eigenvalue weighted by molar-refractivity contribution is 6.04. The lowest BCUT2D eigenvalue weighted by molar-refractivity contribution is -0.138. The van der Waals surface area contributed by atoms with Gasteiger partial charge in [0.25, 0.3) is 5.92 Å². The Morgan fingerprint density at radius 3 is 3.04 bits per heavy atom. The van der Waals surface area contributed by atoms with E-state index in [0.29, 0.717) is 13.1 Å². The first kappa shape index (κ1) is 16.8. The van der Waals surface area contributed by atoms with Crippen LogP contribution in [-0.4, -0.2) is 49.8 Å². The van der Waals surface area contributed by atoms with E-state index in [1.54, 1.807) is 6.20 Å². The summed E-state index contributed by atoms with van der Waals surface area (Å²) in [6.45, 7) is 1.69. The lowest BCUT2D eigenvalue weighted by atomic mass is 9.91. The first-order chi connectivity index (χ1) is 12.4. The number of pyridine rings is 1. The topological polar surface area (TPSA) is 74.8 Å². The highest BCUT2D eigenvalue weighted by Gasteiger charge is 2.32. The van der Waals surface area contributed by atoms with Crippen molar-refractivity contribution in [2.24, 2.45) is 0 Å². The second kappa shape index (κ2) is 6.26. The third kappa shape index (κ3) is 3.11. The van der Waals surface area contributed by atoms with Crippen molar-refractivity contribution >= 4 is 27.8 Å². The van der Waals surface area contributed by atoms with Crippen LogP contribution in [0.1, 0.15) is 37.8 Å². The molecule has 1 aliphatic heterocycles. The predicted octanol–water partition coefficient (Wildman–Crippen LogP) is 3.26. The third-order valence-electron chi connectivity index (χ3n) is 4.84. The molecule has 136 valence electrons. The number of H-pyrrole nitrogens is 1. The zero-order valence-corrected chi connectivity index (χ0v) is 14.4. The van der Waals surface area contributed by atoms with Gasteiger partial charge in [0, 0.05) is 36.0 Å². The number of nitrogens with one attached hydrogen (secondary N) is 1. The smallest absolute Gasteiger partial charge is 0.254 e. The Hall–Kier alpha value is -2.64. The van der Waals surface area contributed by atoms with E-state index >= 15 is 0 Å². The molecule has 1 saturated heterocycles. The molecule has 26 heavy (non-hydrogen) atoms. The second-order valence-corrected chi connectivity index (χ2v) is 6.94. The molecule has 3 aromatic heterocycles. The predicted molar refractivity (Wildman–Crippen MR) is 93.0 cm³/mol. The summed E-state index contributed by atoms with van der Waals surface area (Å²) in [6.07, 6.45) is 5.87. The molecule has 0 spiro atoms. The molecule has 0 aliphatic carbocycles. The number of amides is 1. The Labute approximate surface area is 148 Å². The fraction of sp³-hybridized carbons (Fsp3) is 0.444. The van der Waals surface area contributed by atoms with Crippen LogP contribution >= 0.6 is 0 Å². The number of carbonyl (C=O) groups excluding carboxylic acids is 1. The van der Waals surface area contributed by atoms with Gasteiger partial charge in [-0.2, -0.15) is 0 Å². The van der Waals surface area contributed by atoms with Crippen molar-refractivity contribution in [3.8, 4) is 0 Å². The minimum atomic E-state index is -2.99. The van der Waals surface area contributed by atoms with Crippen molar-refractivity contribution in [3.05, 3.63) is 30.5 Å². The SMILES string of the molecule is CC(F)(F)CC(=O)N1CCCC(c2ncnc3cnc4[nH]ccc4c23)C1. The minimum absolute atomic E-state index is 0.0100. The Morgan fingerprint density at radius 2 is 2.23 bits per heavy atom. The molecule has 1 unspecified atom stereocenters. The quantitative estimate of drug-likeness (QED) is 0.779. The summed E-state index contributed by atoms with van der Waals surface area (Å²) in [6, 6.07) is 1.93. The molecular formula is C18H19F2N5O. The number of carbonyl (C=O) groups is 1. The number of aromatic amines is 1. The van der Waals surface area contributed by atoms with E-state index in [2.05, 4.69) is 19.9 Å². The average molecular weight is 359 g/mol. The van der Waals surface area contributed by atoms with Crippen molar-refractivity contribution in [2.75, 3.05) is 13.1 Å². The highest BCUT2D eigenvalue weighted by atomic mass is 19.3. The Balaban J connectivity index is 1.69. The molecule has 4 heterocycles. The monoisotopic (exact) mass is 359 g/mol. The molecule has 1 atom stereocenters. The maximum absolute atomic E-state index is 13.2. The van der Waals surface area contributed by atoms with Gasteiger partial charge in [0.2, 0.25) is 5.91 Å². The number of nitrogens with zero attached hydrogens (tertiary/aromatic N) is 4. The van der Waals surface area contributed by atoms with E-state index in [4.69, 9.17) is 0 Å². The van der Waals surface area contributed by atoms with Gasteiger partial charge in [-0.25, -0.2) is 23.7 Å². The van der Waals surface area contributed by atoms with E-state index < -0.39 is 18.3 Å². The molecule has 1 fully saturated rings. The summed E-state index contributed by atoms with van der Waals surface area (Å²) in [5.41, 5.74) is 2.34. The van der Waals surface area contributed by atoms with Gasteiger partial charge in [-0.3, -0.25) is 4.79 Å². The zero-order valence-electron chi connectivity index (χ0n) is 14.4. The van der Waals surface area contributed by atoms with Gasteiger partial charge in [-0.05, 0) is 25.8 Å². The molecule has 4 rings (SSSR count). The highest BCUT2D eigenvalue weighted by Crippen LogP contribution is 2.33. The van der Waals surface area contributed by atoms with Crippen LogP contribution in [0.3, 0.4) is 0 Å². The van der Waals surface area contributed by atoms with Crippen molar-refractivity contribution in [1.29, 1.82) is 0 Å². The van der Waals surface area contributed by atoms with E-state index in [9.17, 15) is 13.6 Å². The Bertz CT molecular complexity index is 965. The fourth-order valence-electron chi connectivity index (χ4n) is 3.70. The summed E-state index contributed by atoms with van der Waals surface area (Å²) < 4.78 is 26.4. The maximum atomic E-state index is 13.2. The molecule has 1 N–H and O–H groups in total. The number of rotatable bonds is 3. The first-order valence-corrected chi connectivity index (χ1v) is 8.65. The number of halogens is 2. The molecule has 6 nitrogen and oxygen atoms in total. The lowest BCUT2D eigenvalue weighted by Crippen LogP contribution is -2.41. The fourth-order valence-corrected chi connectivity index (χ4v) is 3.70. The van der Waals surface area contributed by atoms with Crippen LogP contribution in [-0.2, 0) is 4.79 Å². The van der Waals surface area contributed by atoms with E-state index in [1.165, 1.54) is 11.2 Å². The van der Waals surface area contributed by atoms with Gasteiger partial charge in [-0.15, -0.1) is 0 Å². The summed E-state index contributed by atoms with van der Waals surface area (Å²) in [4.78, 5) is 30.0.